The van der Waals surface area contributed by atoms with E-state index in [1.165, 1.54) is 0 Å². The normalized spacial score (nSPS) is 30.6. The molecule has 5 heteroatoms. The van der Waals surface area contributed by atoms with Crippen molar-refractivity contribution in [2.45, 2.75) is 57.4 Å². The van der Waals surface area contributed by atoms with Crippen LogP contribution in [0, 0.1) is 11.8 Å². The molecule has 22 heavy (non-hydrogen) atoms. The Labute approximate surface area is 133 Å². The van der Waals surface area contributed by atoms with E-state index in [0.29, 0.717) is 0 Å². The summed E-state index contributed by atoms with van der Waals surface area (Å²) in [4.78, 5) is 29.6. The summed E-state index contributed by atoms with van der Waals surface area (Å²) in [6.07, 6.45) is 7.94. The fraction of sp³-hybridized carbons (Fsp3) is 0.882. The number of rotatable bonds is 2. The quantitative estimate of drug-likeness (QED) is 0.838. The molecule has 124 valence electrons. The average Bonchev–Trinajstić information content (AvgIpc) is 3.09. The van der Waals surface area contributed by atoms with Gasteiger partial charge in [-0.1, -0.05) is 12.8 Å². The topological polar surface area (TPSA) is 66.6 Å². The lowest BCUT2D eigenvalue weighted by molar-refractivity contribution is -0.148. The van der Waals surface area contributed by atoms with E-state index in [9.17, 15) is 9.59 Å². The summed E-state index contributed by atoms with van der Waals surface area (Å²) >= 11 is 0. The Hall–Kier alpha value is -1.10. The third kappa shape index (κ3) is 3.29. The molecule has 1 aliphatic carbocycles. The zero-order valence-electron chi connectivity index (χ0n) is 13.5. The van der Waals surface area contributed by atoms with Crippen molar-refractivity contribution in [3.05, 3.63) is 0 Å². The largest absolute Gasteiger partial charge is 0.342 e. The third-order valence-electron chi connectivity index (χ3n) is 5.67. The van der Waals surface area contributed by atoms with Crippen LogP contribution >= 0.6 is 0 Å². The number of nitrogens with two attached hydrogens (primary N) is 1. The molecule has 0 radical (unpaired) electrons. The van der Waals surface area contributed by atoms with Crippen LogP contribution in [0.4, 0.5) is 0 Å². The molecule has 2 unspecified atom stereocenters. The van der Waals surface area contributed by atoms with Gasteiger partial charge in [-0.25, -0.2) is 0 Å². The number of nitrogens with zero attached hydrogens (tertiary/aromatic N) is 2. The van der Waals surface area contributed by atoms with E-state index >= 15 is 0 Å². The number of hydrogen-bond donors (Lipinski definition) is 1. The fourth-order valence-electron chi connectivity index (χ4n) is 4.25. The van der Waals surface area contributed by atoms with Crippen LogP contribution in [0.5, 0.6) is 0 Å². The van der Waals surface area contributed by atoms with E-state index in [0.717, 1.165) is 77.5 Å². The van der Waals surface area contributed by atoms with Crippen molar-refractivity contribution < 1.29 is 9.59 Å². The molecule has 2 amide bonds. The molecule has 3 fully saturated rings. The predicted octanol–water partition coefficient (Wildman–Crippen LogP) is 1.36. The summed E-state index contributed by atoms with van der Waals surface area (Å²) in [6, 6.07) is 0.234. The first-order valence-corrected chi connectivity index (χ1v) is 9.00. The first-order chi connectivity index (χ1) is 10.7. The highest BCUT2D eigenvalue weighted by molar-refractivity contribution is 5.88. The molecular weight excluding hydrogens is 278 g/mol. The first-order valence-electron chi connectivity index (χ1n) is 9.00. The predicted molar refractivity (Wildman–Crippen MR) is 85.1 cm³/mol. The highest BCUT2D eigenvalue weighted by atomic mass is 16.2. The maximum atomic E-state index is 12.9. The smallest absolute Gasteiger partial charge is 0.226 e. The summed E-state index contributed by atoms with van der Waals surface area (Å²) in [7, 11) is 0. The van der Waals surface area contributed by atoms with Crippen LogP contribution in [0.1, 0.15) is 51.4 Å². The van der Waals surface area contributed by atoms with Gasteiger partial charge >= 0.3 is 0 Å². The molecule has 0 spiro atoms. The van der Waals surface area contributed by atoms with Gasteiger partial charge in [-0.3, -0.25) is 9.59 Å². The van der Waals surface area contributed by atoms with E-state index in [4.69, 9.17) is 5.73 Å². The van der Waals surface area contributed by atoms with E-state index < -0.39 is 0 Å². The highest BCUT2D eigenvalue weighted by Crippen LogP contribution is 2.34. The van der Waals surface area contributed by atoms with Crippen molar-refractivity contribution >= 4 is 11.8 Å². The second-order valence-corrected chi connectivity index (χ2v) is 7.19. The van der Waals surface area contributed by atoms with Crippen molar-refractivity contribution in [3.63, 3.8) is 0 Å². The molecule has 0 aromatic rings. The molecule has 5 nitrogen and oxygen atoms in total. The number of amides is 2. The monoisotopic (exact) mass is 307 g/mol. The van der Waals surface area contributed by atoms with E-state index in [2.05, 4.69) is 0 Å². The van der Waals surface area contributed by atoms with Gasteiger partial charge in [-0.05, 0) is 38.5 Å². The van der Waals surface area contributed by atoms with Crippen LogP contribution in [-0.4, -0.2) is 53.8 Å². The number of likely N-dealkylation sites (tertiary alicyclic amines) is 2. The minimum absolute atomic E-state index is 0.0741. The number of carbonyl (C=O) groups is 2. The van der Waals surface area contributed by atoms with Crippen LogP contribution < -0.4 is 5.73 Å². The summed E-state index contributed by atoms with van der Waals surface area (Å²) < 4.78 is 0. The van der Waals surface area contributed by atoms with Gasteiger partial charge in [-0.2, -0.15) is 0 Å². The summed E-state index contributed by atoms with van der Waals surface area (Å²) in [5.41, 5.74) is 5.94. The second-order valence-electron chi connectivity index (χ2n) is 7.19. The maximum Gasteiger partial charge on any atom is 0.226 e. The lowest BCUT2D eigenvalue weighted by Gasteiger charge is -2.38. The van der Waals surface area contributed by atoms with Crippen LogP contribution in [0.2, 0.25) is 0 Å². The van der Waals surface area contributed by atoms with Gasteiger partial charge in [0.25, 0.3) is 0 Å². The molecule has 1 saturated carbocycles. The van der Waals surface area contributed by atoms with Crippen molar-refractivity contribution in [1.29, 1.82) is 0 Å². The van der Waals surface area contributed by atoms with Gasteiger partial charge in [0.15, 0.2) is 0 Å². The van der Waals surface area contributed by atoms with Gasteiger partial charge < -0.3 is 15.5 Å². The van der Waals surface area contributed by atoms with E-state index in [-0.39, 0.29) is 29.7 Å². The van der Waals surface area contributed by atoms with Crippen molar-refractivity contribution in [2.75, 3.05) is 26.2 Å². The van der Waals surface area contributed by atoms with Crippen LogP contribution in [0.3, 0.4) is 0 Å². The summed E-state index contributed by atoms with van der Waals surface area (Å²) in [5, 5.41) is 0. The van der Waals surface area contributed by atoms with Gasteiger partial charge in [0.05, 0.1) is 0 Å². The van der Waals surface area contributed by atoms with Crippen molar-refractivity contribution in [2.24, 2.45) is 17.6 Å². The zero-order chi connectivity index (χ0) is 15.5. The second kappa shape index (κ2) is 6.99. The molecule has 3 aliphatic rings. The Bertz CT molecular complexity index is 412. The Kier molecular flexibility index (Phi) is 5.01. The number of piperidine rings is 1. The molecule has 2 aliphatic heterocycles. The van der Waals surface area contributed by atoms with Gasteiger partial charge in [0.2, 0.25) is 11.8 Å². The molecule has 2 heterocycles. The average molecular weight is 307 g/mol. The molecule has 0 aromatic carbocycles. The SMILES string of the molecule is NC1CCN(C(=O)C2CCCCC2C(=O)N2CCCC2)CC1. The summed E-state index contributed by atoms with van der Waals surface area (Å²) in [6.45, 7) is 3.30. The van der Waals surface area contributed by atoms with Crippen LogP contribution in [0.25, 0.3) is 0 Å². The third-order valence-corrected chi connectivity index (χ3v) is 5.67. The van der Waals surface area contributed by atoms with Crippen LogP contribution in [-0.2, 0) is 9.59 Å². The molecule has 3 rings (SSSR count). The van der Waals surface area contributed by atoms with Gasteiger partial charge in [-0.15, -0.1) is 0 Å². The Morgan fingerprint density at radius 3 is 1.64 bits per heavy atom. The standard InChI is InChI=1S/C17H29N3O2/c18-13-7-11-20(12-8-13)17(22)15-6-2-1-5-14(15)16(21)19-9-3-4-10-19/h13-15H,1-12,18H2. The molecule has 2 saturated heterocycles. The lowest BCUT2D eigenvalue weighted by Crippen LogP contribution is -2.49. The Morgan fingerprint density at radius 2 is 1.14 bits per heavy atom. The van der Waals surface area contributed by atoms with Gasteiger partial charge in [0, 0.05) is 44.1 Å². The maximum absolute atomic E-state index is 12.9. The van der Waals surface area contributed by atoms with Crippen LogP contribution in [0.15, 0.2) is 0 Å². The van der Waals surface area contributed by atoms with E-state index in [1.807, 2.05) is 9.80 Å². The molecule has 0 aromatic heterocycles. The minimum Gasteiger partial charge on any atom is -0.342 e. The molecule has 2 atom stereocenters. The number of hydrogen-bond acceptors (Lipinski definition) is 3. The fourth-order valence-corrected chi connectivity index (χ4v) is 4.25. The Morgan fingerprint density at radius 1 is 0.682 bits per heavy atom. The minimum atomic E-state index is -0.0869. The van der Waals surface area contributed by atoms with Gasteiger partial charge in [0.1, 0.15) is 0 Å². The summed E-state index contributed by atoms with van der Waals surface area (Å²) in [5.74, 6) is 0.291. The molecule has 2 N–H and O–H groups in total. The molecule has 0 bridgehead atoms. The molecular formula is C17H29N3O2. The zero-order valence-corrected chi connectivity index (χ0v) is 13.5. The van der Waals surface area contributed by atoms with Crippen molar-refractivity contribution in [3.8, 4) is 0 Å². The van der Waals surface area contributed by atoms with Crippen molar-refractivity contribution in [1.82, 2.24) is 9.80 Å². The highest BCUT2D eigenvalue weighted by Gasteiger charge is 2.40. The Balaban J connectivity index is 1.66. The number of carbonyl (C=O) groups excluding carboxylic acids is 2. The van der Waals surface area contributed by atoms with E-state index in [1.54, 1.807) is 0 Å². The first kappa shape index (κ1) is 15.8. The lowest BCUT2D eigenvalue weighted by atomic mass is 9.77.